The molecule has 4 atom stereocenters. The molecule has 2 rings (SSSR count). The molecule has 11 nitrogen and oxygen atoms in total. The number of ether oxygens (including phenoxy) is 3. The molecular weight excluding hydrogens is 358 g/mol. The Hall–Kier alpha value is -2.21. The molecule has 138 valence electrons. The first kappa shape index (κ1) is 19.1. The van der Waals surface area contributed by atoms with Crippen LogP contribution < -0.4 is 16.6 Å². The summed E-state index contributed by atoms with van der Waals surface area (Å²) < 4.78 is 15.9. The van der Waals surface area contributed by atoms with Crippen molar-refractivity contribution in [3.05, 3.63) is 11.3 Å². The molecule has 4 unspecified atom stereocenters. The molecule has 0 aliphatic carbocycles. The van der Waals surface area contributed by atoms with Gasteiger partial charge in [-0.1, -0.05) is 11.6 Å². The zero-order valence-corrected chi connectivity index (χ0v) is 14.2. The van der Waals surface area contributed by atoms with Crippen LogP contribution in [0.4, 0.5) is 11.4 Å². The van der Waals surface area contributed by atoms with Gasteiger partial charge >= 0.3 is 11.9 Å². The largest absolute Gasteiger partial charge is 0.456 e. The van der Waals surface area contributed by atoms with E-state index in [0.29, 0.717) is 0 Å². The quantitative estimate of drug-likeness (QED) is 0.327. The fourth-order valence-electron chi connectivity index (χ4n) is 2.44. The Balaban J connectivity index is 2.37. The third-order valence-electron chi connectivity index (χ3n) is 3.45. The second-order valence-electron chi connectivity index (χ2n) is 5.24. The molecule has 0 saturated carbocycles. The van der Waals surface area contributed by atoms with Crippen molar-refractivity contribution in [1.82, 2.24) is 10.2 Å². The lowest BCUT2D eigenvalue weighted by Gasteiger charge is -2.30. The SMILES string of the molecule is CC(=O)OC1C(CO)OC(N(N)c2cnnc(Cl)c2N)C1OC(C)=O. The number of nitrogens with two attached hydrogens (primary N) is 2. The van der Waals surface area contributed by atoms with Gasteiger partial charge in [0.2, 0.25) is 0 Å². The summed E-state index contributed by atoms with van der Waals surface area (Å²) in [6, 6.07) is 0. The molecule has 1 aromatic heterocycles. The number of carbonyl (C=O) groups is 2. The number of nitrogen functional groups attached to an aromatic ring is 1. The van der Waals surface area contributed by atoms with Crippen LogP contribution in [0, 0.1) is 0 Å². The fourth-order valence-corrected chi connectivity index (χ4v) is 2.58. The number of hydrogen-bond donors (Lipinski definition) is 3. The molecular formula is C13H18ClN5O6. The first-order valence-corrected chi connectivity index (χ1v) is 7.55. The number of aliphatic hydroxyl groups is 1. The van der Waals surface area contributed by atoms with Crippen molar-refractivity contribution in [2.45, 2.75) is 38.4 Å². The van der Waals surface area contributed by atoms with Gasteiger partial charge in [-0.25, -0.2) is 5.84 Å². The van der Waals surface area contributed by atoms with Crippen molar-refractivity contribution < 1.29 is 28.9 Å². The molecule has 2 heterocycles. The van der Waals surface area contributed by atoms with Crippen LogP contribution in [-0.2, 0) is 23.8 Å². The molecule has 0 bridgehead atoms. The molecule has 1 fully saturated rings. The Morgan fingerprint density at radius 2 is 1.96 bits per heavy atom. The number of hydrogen-bond acceptors (Lipinski definition) is 11. The van der Waals surface area contributed by atoms with E-state index in [1.54, 1.807) is 0 Å². The number of rotatable bonds is 5. The number of halogens is 1. The minimum Gasteiger partial charge on any atom is -0.456 e. The van der Waals surface area contributed by atoms with Crippen LogP contribution in [0.3, 0.4) is 0 Å². The second-order valence-corrected chi connectivity index (χ2v) is 5.60. The smallest absolute Gasteiger partial charge is 0.303 e. The van der Waals surface area contributed by atoms with Crippen molar-refractivity contribution in [2.24, 2.45) is 5.84 Å². The van der Waals surface area contributed by atoms with Crippen LogP contribution in [0.15, 0.2) is 6.20 Å². The number of anilines is 2. The van der Waals surface area contributed by atoms with Gasteiger partial charge in [0.05, 0.1) is 18.5 Å². The van der Waals surface area contributed by atoms with Crippen LogP contribution in [0.5, 0.6) is 0 Å². The number of carbonyl (C=O) groups excluding carboxylic acids is 2. The molecule has 0 spiro atoms. The standard InChI is InChI=1S/C13H18ClN5O6/c1-5(21)23-10-8(4-20)25-13(11(10)24-6(2)22)19(16)7-3-17-18-12(14)9(7)15/h3,8,10-11,13,20H,4,16H2,1-2H3,(H2,15,17). The molecule has 1 aliphatic rings. The van der Waals surface area contributed by atoms with Gasteiger partial charge in [0.1, 0.15) is 11.8 Å². The third-order valence-corrected chi connectivity index (χ3v) is 3.72. The molecule has 12 heteroatoms. The summed E-state index contributed by atoms with van der Waals surface area (Å²) in [5.74, 6) is 4.75. The highest BCUT2D eigenvalue weighted by atomic mass is 35.5. The fraction of sp³-hybridized carbons (Fsp3) is 0.538. The van der Waals surface area contributed by atoms with E-state index >= 15 is 0 Å². The molecule has 1 saturated heterocycles. The molecule has 5 N–H and O–H groups in total. The van der Waals surface area contributed by atoms with Crippen molar-refractivity contribution in [2.75, 3.05) is 17.3 Å². The lowest BCUT2D eigenvalue weighted by atomic mass is 10.1. The molecule has 25 heavy (non-hydrogen) atoms. The normalized spacial score (nSPS) is 25.5. The van der Waals surface area contributed by atoms with Crippen LogP contribution in [0.25, 0.3) is 0 Å². The Morgan fingerprint density at radius 1 is 1.36 bits per heavy atom. The summed E-state index contributed by atoms with van der Waals surface area (Å²) in [5.41, 5.74) is 6.01. The molecule has 0 amide bonds. The van der Waals surface area contributed by atoms with Crippen LogP contribution in [0.2, 0.25) is 5.15 Å². The number of esters is 2. The van der Waals surface area contributed by atoms with Gasteiger partial charge in [0.15, 0.2) is 23.6 Å². The highest BCUT2D eigenvalue weighted by Gasteiger charge is 2.51. The van der Waals surface area contributed by atoms with E-state index in [2.05, 4.69) is 10.2 Å². The molecule has 1 aliphatic heterocycles. The van der Waals surface area contributed by atoms with Gasteiger partial charge in [0, 0.05) is 13.8 Å². The topological polar surface area (TPSA) is 163 Å². The molecule has 0 aromatic carbocycles. The Morgan fingerprint density at radius 3 is 2.52 bits per heavy atom. The van der Waals surface area contributed by atoms with Crippen LogP contribution in [0.1, 0.15) is 13.8 Å². The van der Waals surface area contributed by atoms with E-state index in [0.717, 1.165) is 5.01 Å². The maximum atomic E-state index is 11.4. The van der Waals surface area contributed by atoms with E-state index in [9.17, 15) is 14.7 Å². The first-order valence-electron chi connectivity index (χ1n) is 7.17. The van der Waals surface area contributed by atoms with Gasteiger partial charge in [0.25, 0.3) is 0 Å². The number of hydrazine groups is 1. The highest BCUT2D eigenvalue weighted by Crippen LogP contribution is 2.33. The predicted molar refractivity (Wildman–Crippen MR) is 85.0 cm³/mol. The minimum absolute atomic E-state index is 0.0285. The van der Waals surface area contributed by atoms with Gasteiger partial charge < -0.3 is 25.1 Å². The third kappa shape index (κ3) is 4.07. The lowest BCUT2D eigenvalue weighted by Crippen LogP contribution is -2.51. The van der Waals surface area contributed by atoms with Crippen LogP contribution in [-0.4, -0.2) is 58.4 Å². The summed E-state index contributed by atoms with van der Waals surface area (Å²) in [6.07, 6.45) is -3.02. The molecule has 1 aromatic rings. The lowest BCUT2D eigenvalue weighted by molar-refractivity contribution is -0.164. The Bertz CT molecular complexity index is 662. The summed E-state index contributed by atoms with van der Waals surface area (Å²) in [6.45, 7) is 1.86. The number of aliphatic hydroxyl groups excluding tert-OH is 1. The van der Waals surface area contributed by atoms with Gasteiger partial charge in [-0.2, -0.15) is 5.10 Å². The zero-order valence-electron chi connectivity index (χ0n) is 13.5. The summed E-state index contributed by atoms with van der Waals surface area (Å²) in [4.78, 5) is 22.8. The van der Waals surface area contributed by atoms with Crippen molar-refractivity contribution >= 4 is 34.9 Å². The second kappa shape index (κ2) is 7.78. The van der Waals surface area contributed by atoms with Crippen LogP contribution >= 0.6 is 11.6 Å². The Labute approximate surface area is 147 Å². The summed E-state index contributed by atoms with van der Waals surface area (Å²) in [7, 11) is 0. The number of nitrogens with zero attached hydrogens (tertiary/aromatic N) is 3. The van der Waals surface area contributed by atoms with Crippen molar-refractivity contribution in [3.8, 4) is 0 Å². The minimum atomic E-state index is -1.12. The van der Waals surface area contributed by atoms with E-state index in [1.807, 2.05) is 0 Å². The zero-order chi connectivity index (χ0) is 18.7. The Kier molecular flexibility index (Phi) is 5.95. The van der Waals surface area contributed by atoms with Gasteiger partial charge in [-0.3, -0.25) is 14.6 Å². The van der Waals surface area contributed by atoms with Gasteiger partial charge in [-0.05, 0) is 0 Å². The first-order chi connectivity index (χ1) is 11.8. The summed E-state index contributed by atoms with van der Waals surface area (Å²) in [5, 5.41) is 17.7. The van der Waals surface area contributed by atoms with E-state index in [-0.39, 0.29) is 16.5 Å². The average molecular weight is 376 g/mol. The van der Waals surface area contributed by atoms with E-state index < -0.39 is 43.1 Å². The van der Waals surface area contributed by atoms with E-state index in [4.69, 9.17) is 37.4 Å². The maximum absolute atomic E-state index is 11.4. The highest BCUT2D eigenvalue weighted by molar-refractivity contribution is 6.32. The number of aromatic nitrogens is 2. The predicted octanol–water partition coefficient (Wildman–Crippen LogP) is -1.03. The van der Waals surface area contributed by atoms with E-state index in [1.165, 1.54) is 20.0 Å². The average Bonchev–Trinajstić information content (AvgIpc) is 2.86. The van der Waals surface area contributed by atoms with Crippen molar-refractivity contribution in [3.63, 3.8) is 0 Å². The maximum Gasteiger partial charge on any atom is 0.303 e. The monoisotopic (exact) mass is 375 g/mol. The van der Waals surface area contributed by atoms with Gasteiger partial charge in [-0.15, -0.1) is 5.10 Å². The van der Waals surface area contributed by atoms with Crippen molar-refractivity contribution in [1.29, 1.82) is 0 Å². The summed E-state index contributed by atoms with van der Waals surface area (Å²) >= 11 is 5.82. The molecule has 0 radical (unpaired) electrons.